The van der Waals surface area contributed by atoms with Gasteiger partial charge < -0.3 is 4.74 Å². The van der Waals surface area contributed by atoms with Crippen molar-refractivity contribution < 1.29 is 17.7 Å². The van der Waals surface area contributed by atoms with Crippen LogP contribution in [0.3, 0.4) is 0 Å². The molecule has 4 nitrogen and oxygen atoms in total. The fourth-order valence-corrected chi connectivity index (χ4v) is 0.204. The minimum Gasteiger partial charge on any atom is -0.385 e. The van der Waals surface area contributed by atoms with Crippen LogP contribution in [0.4, 0.5) is 0 Å². The smallest absolute Gasteiger partial charge is 0.261 e. The van der Waals surface area contributed by atoms with E-state index in [0.717, 1.165) is 13.0 Å². The third kappa shape index (κ3) is 106. The number of hydrogen-bond acceptors (Lipinski definition) is 3. The second-order valence-corrected chi connectivity index (χ2v) is 3.19. The zero-order valence-electron chi connectivity index (χ0n) is 6.49. The molecule has 0 bridgehead atoms. The minimum absolute atomic E-state index is 0.715. The van der Waals surface area contributed by atoms with Crippen LogP contribution in [0.1, 0.15) is 13.3 Å². The van der Waals surface area contributed by atoms with Crippen molar-refractivity contribution >= 4 is 10.1 Å². The molecule has 0 fully saturated rings. The highest BCUT2D eigenvalue weighted by atomic mass is 32.2. The van der Waals surface area contributed by atoms with Gasteiger partial charge in [0.1, 0.15) is 0 Å². The van der Waals surface area contributed by atoms with Crippen molar-refractivity contribution in [2.45, 2.75) is 13.3 Å². The second kappa shape index (κ2) is 6.98. The highest BCUT2D eigenvalue weighted by Crippen LogP contribution is 1.70. The van der Waals surface area contributed by atoms with E-state index >= 15 is 0 Å². The van der Waals surface area contributed by atoms with Gasteiger partial charge in [0.15, 0.2) is 0 Å². The molecule has 0 aliphatic carbocycles. The number of ether oxygens (including phenoxy) is 1. The van der Waals surface area contributed by atoms with Gasteiger partial charge in [-0.15, -0.1) is 0 Å². The summed E-state index contributed by atoms with van der Waals surface area (Å²) in [4.78, 5) is 0. The summed E-state index contributed by atoms with van der Waals surface area (Å²) in [5.41, 5.74) is 0. The summed E-state index contributed by atoms with van der Waals surface area (Å²) in [7, 11) is -1.95. The first-order chi connectivity index (χ1) is 4.41. The Morgan fingerprint density at radius 1 is 1.50 bits per heavy atom. The lowest BCUT2D eigenvalue weighted by Crippen LogP contribution is -1.88. The molecule has 0 aromatic carbocycles. The standard InChI is InChI=1S/C4H10O.CH4O3S/c1-3-4-5-2;1-5(2,3)4/h3-4H2,1-2H3;1H3,(H,2,3,4). The molecule has 0 saturated heterocycles. The van der Waals surface area contributed by atoms with Gasteiger partial charge in [-0.25, -0.2) is 0 Å². The maximum absolute atomic E-state index is 9.19. The Bertz CT molecular complexity index is 128. The molecule has 0 spiro atoms. The fourth-order valence-electron chi connectivity index (χ4n) is 0.204. The summed E-state index contributed by atoms with van der Waals surface area (Å²) in [5, 5.41) is 0. The van der Waals surface area contributed by atoms with Crippen molar-refractivity contribution in [3.8, 4) is 0 Å². The van der Waals surface area contributed by atoms with Gasteiger partial charge in [0.2, 0.25) is 0 Å². The molecule has 5 heteroatoms. The largest absolute Gasteiger partial charge is 0.385 e. The first-order valence-electron chi connectivity index (χ1n) is 2.83. The van der Waals surface area contributed by atoms with Crippen molar-refractivity contribution in [2.75, 3.05) is 20.0 Å². The lowest BCUT2D eigenvalue weighted by molar-refractivity contribution is 0.199. The van der Waals surface area contributed by atoms with E-state index in [0.29, 0.717) is 6.26 Å². The number of hydrogen-bond donors (Lipinski definition) is 1. The molecule has 64 valence electrons. The zero-order chi connectivity index (χ0) is 8.62. The molecular weight excluding hydrogens is 156 g/mol. The fraction of sp³-hybridized carbons (Fsp3) is 1.00. The zero-order valence-corrected chi connectivity index (χ0v) is 7.31. The van der Waals surface area contributed by atoms with Gasteiger partial charge in [0.05, 0.1) is 6.26 Å². The van der Waals surface area contributed by atoms with Crippen molar-refractivity contribution in [1.29, 1.82) is 0 Å². The molecule has 0 unspecified atom stereocenters. The minimum atomic E-state index is -3.67. The van der Waals surface area contributed by atoms with Crippen LogP contribution in [0, 0.1) is 0 Å². The summed E-state index contributed by atoms with van der Waals surface area (Å²) >= 11 is 0. The predicted molar refractivity (Wildman–Crippen MR) is 39.6 cm³/mol. The second-order valence-electron chi connectivity index (χ2n) is 1.73. The molecule has 1 N–H and O–H groups in total. The summed E-state index contributed by atoms with van der Waals surface area (Å²) < 4.78 is 30.6. The van der Waals surface area contributed by atoms with Crippen molar-refractivity contribution in [3.63, 3.8) is 0 Å². The van der Waals surface area contributed by atoms with Gasteiger partial charge in [-0.05, 0) is 6.42 Å². The van der Waals surface area contributed by atoms with E-state index in [-0.39, 0.29) is 0 Å². The molecular formula is C5H14O4S. The van der Waals surface area contributed by atoms with Crippen LogP contribution >= 0.6 is 0 Å². The van der Waals surface area contributed by atoms with Crippen LogP contribution in [0.25, 0.3) is 0 Å². The maximum Gasteiger partial charge on any atom is 0.261 e. The van der Waals surface area contributed by atoms with Gasteiger partial charge in [0, 0.05) is 13.7 Å². The third-order valence-corrected chi connectivity index (χ3v) is 0.408. The Labute approximate surface area is 61.9 Å². The molecule has 0 rings (SSSR count). The van der Waals surface area contributed by atoms with Gasteiger partial charge in [-0.1, -0.05) is 6.92 Å². The first kappa shape index (κ1) is 12.5. The molecule has 0 aromatic heterocycles. The van der Waals surface area contributed by atoms with Crippen LogP contribution in [0.15, 0.2) is 0 Å². The van der Waals surface area contributed by atoms with Crippen LogP contribution in [0.2, 0.25) is 0 Å². The first-order valence-corrected chi connectivity index (χ1v) is 4.68. The molecule has 0 aromatic rings. The maximum atomic E-state index is 9.19. The van der Waals surface area contributed by atoms with Gasteiger partial charge in [-0.3, -0.25) is 4.55 Å². The van der Waals surface area contributed by atoms with E-state index in [1.54, 1.807) is 7.11 Å². The molecule has 10 heavy (non-hydrogen) atoms. The van der Waals surface area contributed by atoms with Crippen molar-refractivity contribution in [2.24, 2.45) is 0 Å². The molecule has 0 saturated carbocycles. The quantitative estimate of drug-likeness (QED) is 0.614. The average Bonchev–Trinajstić information content (AvgIpc) is 1.63. The lowest BCUT2D eigenvalue weighted by Gasteiger charge is -1.84. The van der Waals surface area contributed by atoms with Crippen molar-refractivity contribution in [1.82, 2.24) is 0 Å². The number of rotatable bonds is 2. The highest BCUT2D eigenvalue weighted by molar-refractivity contribution is 7.85. The number of methoxy groups -OCH3 is 1. The van der Waals surface area contributed by atoms with E-state index in [1.807, 2.05) is 0 Å². The van der Waals surface area contributed by atoms with E-state index in [1.165, 1.54) is 0 Å². The summed E-state index contributed by atoms with van der Waals surface area (Å²) in [6.07, 6.45) is 1.84. The molecule has 0 aliphatic rings. The summed E-state index contributed by atoms with van der Waals surface area (Å²) in [5.74, 6) is 0. The summed E-state index contributed by atoms with van der Waals surface area (Å²) in [6.45, 7) is 2.98. The molecule has 0 heterocycles. The van der Waals surface area contributed by atoms with E-state index in [9.17, 15) is 8.42 Å². The Kier molecular flexibility index (Phi) is 8.75. The lowest BCUT2D eigenvalue weighted by atomic mass is 10.5. The van der Waals surface area contributed by atoms with Crippen LogP contribution < -0.4 is 0 Å². The van der Waals surface area contributed by atoms with Gasteiger partial charge in [0.25, 0.3) is 10.1 Å². The Morgan fingerprint density at radius 3 is 1.80 bits per heavy atom. The van der Waals surface area contributed by atoms with Crippen LogP contribution in [0.5, 0.6) is 0 Å². The highest BCUT2D eigenvalue weighted by Gasteiger charge is 1.81. The Hall–Kier alpha value is -0.130. The van der Waals surface area contributed by atoms with E-state index < -0.39 is 10.1 Å². The molecule has 0 atom stereocenters. The molecule has 0 aliphatic heterocycles. The summed E-state index contributed by atoms with van der Waals surface area (Å²) in [6, 6.07) is 0. The normalized spacial score (nSPS) is 10.0. The monoisotopic (exact) mass is 170 g/mol. The van der Waals surface area contributed by atoms with Crippen LogP contribution in [-0.2, 0) is 14.9 Å². The Morgan fingerprint density at radius 2 is 1.80 bits per heavy atom. The predicted octanol–water partition coefficient (Wildman–Crippen LogP) is 0.547. The van der Waals surface area contributed by atoms with E-state index in [4.69, 9.17) is 9.29 Å². The topological polar surface area (TPSA) is 63.6 Å². The average molecular weight is 170 g/mol. The SMILES string of the molecule is CCCOC.CS(=O)(=O)O. The molecule has 0 amide bonds. The van der Waals surface area contributed by atoms with Crippen LogP contribution in [-0.4, -0.2) is 32.9 Å². The molecule has 0 radical (unpaired) electrons. The Balaban J connectivity index is 0. The van der Waals surface area contributed by atoms with E-state index in [2.05, 4.69) is 6.92 Å². The van der Waals surface area contributed by atoms with Gasteiger partial charge in [-0.2, -0.15) is 8.42 Å². The van der Waals surface area contributed by atoms with Crippen molar-refractivity contribution in [3.05, 3.63) is 0 Å². The third-order valence-electron chi connectivity index (χ3n) is 0.408. The van der Waals surface area contributed by atoms with Gasteiger partial charge >= 0.3 is 0 Å².